The maximum absolute atomic E-state index is 11.3. The fourth-order valence-electron chi connectivity index (χ4n) is 0.896. The maximum Gasteiger partial charge on any atom is 0.323 e. The van der Waals surface area contributed by atoms with Crippen molar-refractivity contribution in [2.24, 2.45) is 0 Å². The van der Waals surface area contributed by atoms with Crippen molar-refractivity contribution >= 4 is 17.8 Å². The van der Waals surface area contributed by atoms with Crippen LogP contribution in [0.1, 0.15) is 12.8 Å². The van der Waals surface area contributed by atoms with Gasteiger partial charge in [0.2, 0.25) is 5.91 Å². The largest absolute Gasteiger partial charge is 0.480 e. The molecule has 0 saturated heterocycles. The van der Waals surface area contributed by atoms with E-state index in [2.05, 4.69) is 5.92 Å². The van der Waals surface area contributed by atoms with Crippen LogP contribution in [0.4, 0.5) is 0 Å². The summed E-state index contributed by atoms with van der Waals surface area (Å²) in [6.07, 6.45) is 5.04. The highest BCUT2D eigenvalue weighted by Crippen LogP contribution is 1.97. The van der Waals surface area contributed by atoms with Gasteiger partial charge in [0.25, 0.3) is 0 Å². The number of hydrogen-bond donors (Lipinski definition) is 2. The second-order valence-electron chi connectivity index (χ2n) is 2.74. The zero-order chi connectivity index (χ0) is 11.8. The highest BCUT2D eigenvalue weighted by molar-refractivity contribution is 5.85. The smallest absolute Gasteiger partial charge is 0.323 e. The molecule has 0 aliphatic carbocycles. The molecule has 0 rings (SSSR count). The molecule has 0 saturated carbocycles. The van der Waals surface area contributed by atoms with Gasteiger partial charge in [0, 0.05) is 12.8 Å². The Morgan fingerprint density at radius 1 is 1.13 bits per heavy atom. The van der Waals surface area contributed by atoms with Crippen LogP contribution in [0.2, 0.25) is 0 Å². The van der Waals surface area contributed by atoms with Crippen LogP contribution in [0.3, 0.4) is 0 Å². The average Bonchev–Trinajstić information content (AvgIpc) is 2.11. The number of hydrogen-bond acceptors (Lipinski definition) is 3. The van der Waals surface area contributed by atoms with Crippen molar-refractivity contribution in [2.75, 3.05) is 13.1 Å². The molecule has 0 heterocycles. The average molecular weight is 213 g/mol. The zero-order valence-electron chi connectivity index (χ0n) is 7.97. The normalized spacial score (nSPS) is 9.00. The predicted octanol–water partition coefficient (Wildman–Crippen LogP) is -0.602. The number of terminal acetylenes is 1. The minimum Gasteiger partial charge on any atom is -0.480 e. The Morgan fingerprint density at radius 2 is 1.60 bits per heavy atom. The SMILES string of the molecule is C#CCCC(=O)N(CC(=O)O)CC(=O)O. The van der Waals surface area contributed by atoms with Crippen LogP contribution >= 0.6 is 0 Å². The number of carboxylic acid groups (broad SMARTS) is 2. The summed E-state index contributed by atoms with van der Waals surface area (Å²) in [5.41, 5.74) is 0. The van der Waals surface area contributed by atoms with Crippen LogP contribution in [0.15, 0.2) is 0 Å². The van der Waals surface area contributed by atoms with Gasteiger partial charge < -0.3 is 15.1 Å². The van der Waals surface area contributed by atoms with Gasteiger partial charge in [-0.1, -0.05) is 0 Å². The highest BCUT2D eigenvalue weighted by Gasteiger charge is 2.18. The first-order valence-corrected chi connectivity index (χ1v) is 4.12. The summed E-state index contributed by atoms with van der Waals surface area (Å²) in [6, 6.07) is 0. The third kappa shape index (κ3) is 6.10. The molecule has 0 bridgehead atoms. The molecule has 0 aromatic carbocycles. The van der Waals surface area contributed by atoms with Gasteiger partial charge in [-0.2, -0.15) is 0 Å². The Kier molecular flexibility index (Phi) is 5.56. The first-order chi connectivity index (χ1) is 6.97. The topological polar surface area (TPSA) is 94.9 Å². The molecule has 0 unspecified atom stereocenters. The third-order valence-corrected chi connectivity index (χ3v) is 1.49. The van der Waals surface area contributed by atoms with E-state index in [4.69, 9.17) is 16.6 Å². The van der Waals surface area contributed by atoms with Gasteiger partial charge in [0.1, 0.15) is 13.1 Å². The number of carbonyl (C=O) groups excluding carboxylic acids is 1. The molecule has 82 valence electrons. The fourth-order valence-corrected chi connectivity index (χ4v) is 0.896. The van der Waals surface area contributed by atoms with Gasteiger partial charge in [-0.3, -0.25) is 14.4 Å². The quantitative estimate of drug-likeness (QED) is 0.574. The van der Waals surface area contributed by atoms with Crippen molar-refractivity contribution in [3.8, 4) is 12.3 Å². The summed E-state index contributed by atoms with van der Waals surface area (Å²) in [6.45, 7) is -1.26. The maximum atomic E-state index is 11.3. The van der Waals surface area contributed by atoms with E-state index in [1.54, 1.807) is 0 Å². The monoisotopic (exact) mass is 213 g/mol. The number of nitrogens with zero attached hydrogens (tertiary/aromatic N) is 1. The third-order valence-electron chi connectivity index (χ3n) is 1.49. The standard InChI is InChI=1S/C9H11NO5/c1-2-3-4-7(11)10(5-8(12)13)6-9(14)15/h1H,3-6H2,(H,12,13)(H,14,15). The van der Waals surface area contributed by atoms with Crippen LogP contribution in [0, 0.1) is 12.3 Å². The number of carbonyl (C=O) groups is 3. The molecule has 0 aromatic heterocycles. The van der Waals surface area contributed by atoms with Gasteiger partial charge >= 0.3 is 11.9 Å². The molecule has 0 aliphatic heterocycles. The number of amides is 1. The Morgan fingerprint density at radius 3 is 1.93 bits per heavy atom. The summed E-state index contributed by atoms with van der Waals surface area (Å²) in [5, 5.41) is 16.9. The van der Waals surface area contributed by atoms with Crippen LogP contribution < -0.4 is 0 Å². The molecule has 1 amide bonds. The van der Waals surface area contributed by atoms with Crippen LogP contribution in [-0.2, 0) is 14.4 Å². The molecule has 0 fully saturated rings. The van der Waals surface area contributed by atoms with Crippen molar-refractivity contribution in [1.82, 2.24) is 4.90 Å². The molecule has 0 radical (unpaired) electrons. The van der Waals surface area contributed by atoms with Gasteiger partial charge in [-0.05, 0) is 0 Å². The summed E-state index contributed by atoms with van der Waals surface area (Å²) < 4.78 is 0. The molecular weight excluding hydrogens is 202 g/mol. The fraction of sp³-hybridized carbons (Fsp3) is 0.444. The van der Waals surface area contributed by atoms with Gasteiger partial charge in [-0.15, -0.1) is 12.3 Å². The van der Waals surface area contributed by atoms with E-state index in [0.29, 0.717) is 0 Å². The Hall–Kier alpha value is -2.03. The van der Waals surface area contributed by atoms with E-state index in [0.717, 1.165) is 4.90 Å². The van der Waals surface area contributed by atoms with Gasteiger partial charge in [0.05, 0.1) is 0 Å². The van der Waals surface area contributed by atoms with Crippen LogP contribution in [-0.4, -0.2) is 46.0 Å². The minimum absolute atomic E-state index is 0.0446. The van der Waals surface area contributed by atoms with Crippen LogP contribution in [0.5, 0.6) is 0 Å². The second-order valence-corrected chi connectivity index (χ2v) is 2.74. The summed E-state index contributed by atoms with van der Waals surface area (Å²) in [5.74, 6) is -0.872. The van der Waals surface area contributed by atoms with Crippen molar-refractivity contribution in [3.63, 3.8) is 0 Å². The first kappa shape index (κ1) is 13.0. The summed E-state index contributed by atoms with van der Waals surface area (Å²) in [7, 11) is 0. The highest BCUT2D eigenvalue weighted by atomic mass is 16.4. The lowest BCUT2D eigenvalue weighted by Crippen LogP contribution is -2.39. The lowest BCUT2D eigenvalue weighted by molar-refractivity contribution is -0.149. The van der Waals surface area contributed by atoms with Crippen molar-refractivity contribution in [2.45, 2.75) is 12.8 Å². The van der Waals surface area contributed by atoms with Crippen molar-refractivity contribution in [1.29, 1.82) is 0 Å². The number of carboxylic acids is 2. The van der Waals surface area contributed by atoms with Crippen molar-refractivity contribution < 1.29 is 24.6 Å². The van der Waals surface area contributed by atoms with E-state index in [1.165, 1.54) is 0 Å². The lowest BCUT2D eigenvalue weighted by atomic mass is 10.3. The molecular formula is C9H11NO5. The first-order valence-electron chi connectivity index (χ1n) is 4.12. The second kappa shape index (κ2) is 6.43. The van der Waals surface area contributed by atoms with Crippen molar-refractivity contribution in [3.05, 3.63) is 0 Å². The Balaban J connectivity index is 4.34. The molecule has 0 atom stereocenters. The zero-order valence-corrected chi connectivity index (χ0v) is 7.97. The molecule has 6 nitrogen and oxygen atoms in total. The summed E-state index contributed by atoms with van der Waals surface area (Å²) in [4.78, 5) is 32.7. The van der Waals surface area contributed by atoms with E-state index < -0.39 is 30.9 Å². The molecule has 0 spiro atoms. The minimum atomic E-state index is -1.26. The van der Waals surface area contributed by atoms with E-state index in [1.807, 2.05) is 0 Å². The van der Waals surface area contributed by atoms with Gasteiger partial charge in [0.15, 0.2) is 0 Å². The molecule has 0 aromatic rings. The summed E-state index contributed by atoms with van der Waals surface area (Å²) >= 11 is 0. The Bertz CT molecular complexity index is 288. The predicted molar refractivity (Wildman–Crippen MR) is 49.9 cm³/mol. The van der Waals surface area contributed by atoms with E-state index in [-0.39, 0.29) is 12.8 Å². The molecule has 15 heavy (non-hydrogen) atoms. The molecule has 6 heteroatoms. The molecule has 2 N–H and O–H groups in total. The van der Waals surface area contributed by atoms with Gasteiger partial charge in [-0.25, -0.2) is 0 Å². The Labute approximate surface area is 86.5 Å². The van der Waals surface area contributed by atoms with E-state index >= 15 is 0 Å². The van der Waals surface area contributed by atoms with E-state index in [9.17, 15) is 14.4 Å². The number of rotatable bonds is 6. The lowest BCUT2D eigenvalue weighted by Gasteiger charge is -2.17. The number of aliphatic carboxylic acids is 2. The molecule has 0 aliphatic rings. The van der Waals surface area contributed by atoms with Crippen LogP contribution in [0.25, 0.3) is 0 Å².